The predicted octanol–water partition coefficient (Wildman–Crippen LogP) is 2.40. The summed E-state index contributed by atoms with van der Waals surface area (Å²) in [6, 6.07) is 0. The van der Waals surface area contributed by atoms with Crippen molar-refractivity contribution in [3.8, 4) is 0 Å². The molecule has 1 aliphatic carbocycles. The molecule has 0 heterocycles. The summed E-state index contributed by atoms with van der Waals surface area (Å²) in [5.41, 5.74) is 0. The Morgan fingerprint density at radius 2 is 2.29 bits per heavy atom. The molecule has 0 bridgehead atoms. The van der Waals surface area contributed by atoms with E-state index in [1.54, 1.807) is 0 Å². The third kappa shape index (κ3) is 1.19. The first-order valence-corrected chi connectivity index (χ1v) is 3.25. The molecule has 0 spiro atoms. The van der Waals surface area contributed by atoms with Crippen molar-refractivity contribution in [1.82, 2.24) is 0 Å². The summed E-state index contributed by atoms with van der Waals surface area (Å²) in [5, 5.41) is 0. The van der Waals surface area contributed by atoms with Gasteiger partial charge in [-0.15, -0.1) is 0 Å². The fourth-order valence-electron chi connectivity index (χ4n) is 1.05. The van der Waals surface area contributed by atoms with Gasteiger partial charge in [0.1, 0.15) is 0 Å². The van der Waals surface area contributed by atoms with Crippen LogP contribution in [-0.2, 0) is 0 Å². The number of hydrogen-bond donors (Lipinski definition) is 0. The Morgan fingerprint density at radius 1 is 1.57 bits per heavy atom. The Bertz CT molecular complexity index is 44.0. The Morgan fingerprint density at radius 3 is 2.43 bits per heavy atom. The quantitative estimate of drug-likeness (QED) is 0.496. The van der Waals surface area contributed by atoms with E-state index in [1.807, 2.05) is 0 Å². The summed E-state index contributed by atoms with van der Waals surface area (Å²) in [5.74, 6) is 1.07. The van der Waals surface area contributed by atoms with Gasteiger partial charge in [-0.2, -0.15) is 0 Å². The maximum absolute atomic E-state index is 2.38. The third-order valence-corrected chi connectivity index (χ3v) is 1.70. The smallest absolute Gasteiger partial charge is 0.0380 e. The Balaban J connectivity index is 1.93. The molecule has 0 aromatic carbocycles. The van der Waals surface area contributed by atoms with Crippen molar-refractivity contribution in [2.75, 3.05) is 0 Å². The molecule has 0 amide bonds. The number of rotatable bonds is 2. The van der Waals surface area contributed by atoms with Crippen molar-refractivity contribution in [3.63, 3.8) is 0 Å². The van der Waals surface area contributed by atoms with E-state index in [1.165, 1.54) is 25.7 Å². The Kier molecular flexibility index (Phi) is 1.72. The van der Waals surface area contributed by atoms with Gasteiger partial charge in [-0.05, 0) is 25.2 Å². The molecule has 0 aromatic heterocycles. The van der Waals surface area contributed by atoms with E-state index in [0.29, 0.717) is 0 Å². The van der Waals surface area contributed by atoms with E-state index < -0.39 is 0 Å². The molecule has 0 aromatic rings. The molecule has 0 nitrogen and oxygen atoms in total. The van der Waals surface area contributed by atoms with Gasteiger partial charge in [-0.1, -0.05) is 19.8 Å². The van der Waals surface area contributed by atoms with Crippen LogP contribution in [0.1, 0.15) is 32.6 Å². The fraction of sp³-hybridized carbons (Fsp3) is 0.857. The molecule has 1 saturated carbocycles. The lowest BCUT2D eigenvalue weighted by molar-refractivity contribution is 0.378. The van der Waals surface area contributed by atoms with E-state index >= 15 is 0 Å². The lowest BCUT2D eigenvalue weighted by Crippen LogP contribution is -2.10. The summed E-state index contributed by atoms with van der Waals surface area (Å²) < 4.78 is 0. The third-order valence-electron chi connectivity index (χ3n) is 1.70. The zero-order valence-corrected chi connectivity index (χ0v) is 4.98. The average molecular weight is 97.2 g/mol. The van der Waals surface area contributed by atoms with Gasteiger partial charge in [-0.25, -0.2) is 0 Å². The standard InChI is InChI=1S/C7H13/c1-2-4-7-5-3-6-7/h3,7H,2,4-6H2,1H3. The molecule has 1 rings (SSSR count). The van der Waals surface area contributed by atoms with Crippen LogP contribution in [0.25, 0.3) is 0 Å². The lowest BCUT2D eigenvalue weighted by Gasteiger charge is -2.23. The normalized spacial score (nSPS) is 21.9. The van der Waals surface area contributed by atoms with Gasteiger partial charge in [0, 0.05) is 0 Å². The van der Waals surface area contributed by atoms with Crippen molar-refractivity contribution < 1.29 is 0 Å². The highest BCUT2D eigenvalue weighted by atomic mass is 14.2. The van der Waals surface area contributed by atoms with Gasteiger partial charge in [0.2, 0.25) is 0 Å². The Hall–Kier alpha value is 0. The van der Waals surface area contributed by atoms with Crippen LogP contribution in [0.3, 0.4) is 0 Å². The van der Waals surface area contributed by atoms with Gasteiger partial charge < -0.3 is 0 Å². The highest BCUT2D eigenvalue weighted by Crippen LogP contribution is 2.28. The van der Waals surface area contributed by atoms with E-state index in [2.05, 4.69) is 13.3 Å². The van der Waals surface area contributed by atoms with Crippen molar-refractivity contribution in [2.24, 2.45) is 5.92 Å². The van der Waals surface area contributed by atoms with Crippen LogP contribution < -0.4 is 0 Å². The molecular weight excluding hydrogens is 84.1 g/mol. The van der Waals surface area contributed by atoms with Crippen LogP contribution in [-0.4, -0.2) is 0 Å². The maximum Gasteiger partial charge on any atom is -0.0380 e. The highest BCUT2D eigenvalue weighted by Gasteiger charge is 2.15. The molecule has 1 radical (unpaired) electrons. The molecular formula is C7H13. The second-order valence-corrected chi connectivity index (χ2v) is 2.41. The summed E-state index contributed by atoms with van der Waals surface area (Å²) in [7, 11) is 0. The van der Waals surface area contributed by atoms with Crippen LogP contribution in [0.4, 0.5) is 0 Å². The number of hydrogen-bond acceptors (Lipinski definition) is 0. The first-order valence-electron chi connectivity index (χ1n) is 3.25. The highest BCUT2D eigenvalue weighted by molar-refractivity contribution is 4.84. The summed E-state index contributed by atoms with van der Waals surface area (Å²) in [6.07, 6.45) is 8.00. The molecule has 1 fully saturated rings. The van der Waals surface area contributed by atoms with Crippen molar-refractivity contribution in [2.45, 2.75) is 32.6 Å². The molecule has 0 atom stereocenters. The van der Waals surface area contributed by atoms with Crippen molar-refractivity contribution in [1.29, 1.82) is 0 Å². The second-order valence-electron chi connectivity index (χ2n) is 2.41. The largest absolute Gasteiger partial charge is 0.0654 e. The van der Waals surface area contributed by atoms with Crippen LogP contribution >= 0.6 is 0 Å². The van der Waals surface area contributed by atoms with Gasteiger partial charge in [0.05, 0.1) is 0 Å². The van der Waals surface area contributed by atoms with Crippen LogP contribution in [0.2, 0.25) is 0 Å². The van der Waals surface area contributed by atoms with E-state index in [4.69, 9.17) is 0 Å². The first kappa shape index (κ1) is 5.14. The van der Waals surface area contributed by atoms with Crippen LogP contribution in [0.15, 0.2) is 0 Å². The predicted molar refractivity (Wildman–Crippen MR) is 31.9 cm³/mol. The van der Waals surface area contributed by atoms with E-state index in [-0.39, 0.29) is 0 Å². The zero-order chi connectivity index (χ0) is 5.11. The average Bonchev–Trinajstić information content (AvgIpc) is 1.55. The second kappa shape index (κ2) is 2.34. The topological polar surface area (TPSA) is 0 Å². The van der Waals surface area contributed by atoms with Crippen molar-refractivity contribution in [3.05, 3.63) is 6.42 Å². The first-order chi connectivity index (χ1) is 3.43. The van der Waals surface area contributed by atoms with Gasteiger partial charge in [0.15, 0.2) is 0 Å². The maximum atomic E-state index is 2.38. The van der Waals surface area contributed by atoms with E-state index in [9.17, 15) is 0 Å². The van der Waals surface area contributed by atoms with Gasteiger partial charge in [0.25, 0.3) is 0 Å². The minimum Gasteiger partial charge on any atom is -0.0654 e. The minimum atomic E-state index is 1.07. The summed E-state index contributed by atoms with van der Waals surface area (Å²) in [4.78, 5) is 0. The van der Waals surface area contributed by atoms with Gasteiger partial charge in [-0.3, -0.25) is 0 Å². The van der Waals surface area contributed by atoms with Gasteiger partial charge >= 0.3 is 0 Å². The fourth-order valence-corrected chi connectivity index (χ4v) is 1.05. The molecule has 1 aliphatic rings. The van der Waals surface area contributed by atoms with E-state index in [0.717, 1.165) is 5.92 Å². The zero-order valence-electron chi connectivity index (χ0n) is 4.98. The molecule has 0 saturated heterocycles. The monoisotopic (exact) mass is 97.1 g/mol. The molecule has 0 heteroatoms. The summed E-state index contributed by atoms with van der Waals surface area (Å²) >= 11 is 0. The minimum absolute atomic E-state index is 1.07. The molecule has 0 N–H and O–H groups in total. The lowest BCUT2D eigenvalue weighted by atomic mass is 9.82. The SMILES string of the molecule is CCCC1C[CH]C1. The molecule has 41 valence electrons. The van der Waals surface area contributed by atoms with Crippen LogP contribution in [0, 0.1) is 12.3 Å². The van der Waals surface area contributed by atoms with Crippen molar-refractivity contribution >= 4 is 0 Å². The molecule has 0 unspecified atom stereocenters. The molecule has 7 heavy (non-hydrogen) atoms. The summed E-state index contributed by atoms with van der Waals surface area (Å²) in [6.45, 7) is 2.26. The molecule has 0 aliphatic heterocycles. The van der Waals surface area contributed by atoms with Crippen LogP contribution in [0.5, 0.6) is 0 Å². The Labute approximate surface area is 45.9 Å².